The van der Waals surface area contributed by atoms with Crippen LogP contribution in [0.25, 0.3) is 0 Å². The van der Waals surface area contributed by atoms with Gasteiger partial charge in [0.15, 0.2) is 9.68 Å². The number of benzene rings is 1. The zero-order chi connectivity index (χ0) is 12.8. The van der Waals surface area contributed by atoms with Crippen LogP contribution in [0.5, 0.6) is 0 Å². The molecule has 0 spiro atoms. The number of hydrogen-bond acceptors (Lipinski definition) is 1. The second-order valence-electron chi connectivity index (χ2n) is 4.48. The largest absolute Gasteiger partial charge is 0.330 e. The summed E-state index contributed by atoms with van der Waals surface area (Å²) in [6.07, 6.45) is 0. The lowest BCUT2D eigenvalue weighted by Gasteiger charge is -2.54. The molecule has 5 heteroatoms. The third-order valence-electron chi connectivity index (χ3n) is 3.06. The quantitative estimate of drug-likeness (QED) is 0.499. The minimum absolute atomic E-state index is 0.306. The Morgan fingerprint density at radius 2 is 2.12 bits per heavy atom. The van der Waals surface area contributed by atoms with Gasteiger partial charge in [-0.1, -0.05) is 31.5 Å². The summed E-state index contributed by atoms with van der Waals surface area (Å²) in [5.41, 5.74) is 2.09. The third kappa shape index (κ3) is 1.96. The van der Waals surface area contributed by atoms with Gasteiger partial charge >= 0.3 is 0 Å². The molecule has 92 valence electrons. The van der Waals surface area contributed by atoms with E-state index in [1.165, 1.54) is 0 Å². The molecule has 0 bridgehead atoms. The van der Waals surface area contributed by atoms with Crippen molar-refractivity contribution in [1.29, 1.82) is 0 Å². The summed E-state index contributed by atoms with van der Waals surface area (Å²) in [6, 6.07) is 5.87. The van der Waals surface area contributed by atoms with Gasteiger partial charge in [0.25, 0.3) is 0 Å². The summed E-state index contributed by atoms with van der Waals surface area (Å²) in [5, 5.41) is 4.73. The highest BCUT2D eigenvalue weighted by atomic mass is 79.9. The summed E-state index contributed by atoms with van der Waals surface area (Å²) in [7, 11) is 0. The minimum atomic E-state index is -0.306. The Labute approximate surface area is 120 Å². The maximum Gasteiger partial charge on any atom is 0.178 e. The molecule has 0 aromatic heterocycles. The van der Waals surface area contributed by atoms with E-state index in [-0.39, 0.29) is 4.57 Å². The van der Waals surface area contributed by atoms with E-state index in [9.17, 15) is 0 Å². The molecule has 1 heterocycles. The van der Waals surface area contributed by atoms with Crippen LogP contribution in [0.4, 0.5) is 5.69 Å². The normalized spacial score (nSPS) is 23.6. The molecule has 0 saturated carbocycles. The summed E-state index contributed by atoms with van der Waals surface area (Å²) >= 11 is 15.2. The van der Waals surface area contributed by atoms with E-state index in [0.717, 1.165) is 21.4 Å². The lowest BCUT2D eigenvalue weighted by Crippen LogP contribution is -2.75. The average Bonchev–Trinajstić information content (AvgIpc) is 2.24. The van der Waals surface area contributed by atoms with Gasteiger partial charge in [-0.05, 0) is 52.8 Å². The van der Waals surface area contributed by atoms with Gasteiger partial charge in [-0.3, -0.25) is 4.90 Å². The van der Waals surface area contributed by atoms with Crippen LogP contribution >= 0.6 is 39.7 Å². The molecule has 0 radical (unpaired) electrons. The number of halogens is 2. The predicted octanol–water partition coefficient (Wildman–Crippen LogP) is 4.05. The Kier molecular flexibility index (Phi) is 3.40. The van der Waals surface area contributed by atoms with Gasteiger partial charge < -0.3 is 5.32 Å². The number of nitrogens with one attached hydrogen (secondary N) is 1. The van der Waals surface area contributed by atoms with Crippen molar-refractivity contribution in [2.24, 2.45) is 5.92 Å². The molecule has 2 nitrogen and oxygen atoms in total. The average molecular weight is 334 g/mol. The molecule has 1 aromatic rings. The van der Waals surface area contributed by atoms with Gasteiger partial charge in [0, 0.05) is 10.9 Å². The highest BCUT2D eigenvalue weighted by Gasteiger charge is 2.49. The van der Waals surface area contributed by atoms with Crippen molar-refractivity contribution in [3.63, 3.8) is 0 Å². The molecule has 1 saturated heterocycles. The fourth-order valence-corrected chi connectivity index (χ4v) is 3.25. The van der Waals surface area contributed by atoms with Gasteiger partial charge in [0.2, 0.25) is 0 Å². The van der Waals surface area contributed by atoms with Crippen LogP contribution in [0.1, 0.15) is 19.4 Å². The van der Waals surface area contributed by atoms with E-state index in [1.54, 1.807) is 0 Å². The van der Waals surface area contributed by atoms with Gasteiger partial charge in [0.1, 0.15) is 0 Å². The van der Waals surface area contributed by atoms with Crippen LogP contribution in [0.3, 0.4) is 0 Å². The van der Waals surface area contributed by atoms with Crippen molar-refractivity contribution >= 4 is 50.5 Å². The first-order valence-electron chi connectivity index (χ1n) is 5.44. The smallest absolute Gasteiger partial charge is 0.178 e. The standard InChI is InChI=1S/C12H14BrClN2S/c1-7(2)12(13)15-11(17)16(12)10-6-4-5-9(14)8(10)3/h4-7H,1-3H3,(H,15,17). The second-order valence-corrected chi connectivity index (χ2v) is 6.48. The molecule has 0 amide bonds. The summed E-state index contributed by atoms with van der Waals surface area (Å²) < 4.78 is -0.306. The molecule has 17 heavy (non-hydrogen) atoms. The number of anilines is 1. The van der Waals surface area contributed by atoms with Gasteiger partial charge in [0.05, 0.1) is 5.69 Å². The second kappa shape index (κ2) is 4.41. The van der Waals surface area contributed by atoms with Crippen LogP contribution in [-0.4, -0.2) is 9.68 Å². The minimum Gasteiger partial charge on any atom is -0.330 e. The monoisotopic (exact) mass is 332 g/mol. The first-order chi connectivity index (χ1) is 7.88. The first-order valence-corrected chi connectivity index (χ1v) is 7.02. The maximum atomic E-state index is 6.15. The van der Waals surface area contributed by atoms with Crippen LogP contribution in [0.15, 0.2) is 18.2 Å². The Morgan fingerprint density at radius 3 is 2.65 bits per heavy atom. The lowest BCUT2D eigenvalue weighted by molar-refractivity contribution is 0.383. The third-order valence-corrected chi connectivity index (χ3v) is 5.22. The highest BCUT2D eigenvalue weighted by molar-refractivity contribution is 9.10. The molecular weight excluding hydrogens is 320 g/mol. The maximum absolute atomic E-state index is 6.15. The van der Waals surface area contributed by atoms with Gasteiger partial charge in [-0.25, -0.2) is 0 Å². The van der Waals surface area contributed by atoms with Crippen molar-refractivity contribution < 1.29 is 0 Å². The van der Waals surface area contributed by atoms with Crippen molar-refractivity contribution in [3.05, 3.63) is 28.8 Å². The molecule has 2 rings (SSSR count). The van der Waals surface area contributed by atoms with E-state index < -0.39 is 0 Å². The molecular formula is C12H14BrClN2S. The highest BCUT2D eigenvalue weighted by Crippen LogP contribution is 2.42. The predicted molar refractivity (Wildman–Crippen MR) is 80.9 cm³/mol. The van der Waals surface area contributed by atoms with E-state index in [1.807, 2.05) is 25.1 Å². The molecule has 1 aliphatic rings. The van der Waals surface area contributed by atoms with Gasteiger partial charge in [-0.2, -0.15) is 0 Å². The Hall–Kier alpha value is -0.320. The van der Waals surface area contributed by atoms with Crippen molar-refractivity contribution in [1.82, 2.24) is 5.32 Å². The van der Waals surface area contributed by atoms with E-state index in [2.05, 4.69) is 40.0 Å². The van der Waals surface area contributed by atoms with E-state index in [4.69, 9.17) is 23.8 Å². The number of alkyl halides is 1. The Bertz CT molecular complexity index is 478. The van der Waals surface area contributed by atoms with Crippen LogP contribution < -0.4 is 10.2 Å². The Balaban J connectivity index is 2.46. The van der Waals surface area contributed by atoms with E-state index >= 15 is 0 Å². The molecule has 1 aliphatic heterocycles. The van der Waals surface area contributed by atoms with Crippen molar-refractivity contribution in [2.75, 3.05) is 4.90 Å². The fraction of sp³-hybridized carbons (Fsp3) is 0.417. The number of rotatable bonds is 2. The zero-order valence-corrected chi connectivity index (χ0v) is 13.1. The molecule has 1 unspecified atom stereocenters. The van der Waals surface area contributed by atoms with Crippen molar-refractivity contribution in [3.8, 4) is 0 Å². The molecule has 1 aromatic carbocycles. The SMILES string of the molecule is Cc1c(Cl)cccc1N1C(=S)NC1(Br)C(C)C. The summed E-state index contributed by atoms with van der Waals surface area (Å²) in [5.74, 6) is 0.368. The zero-order valence-electron chi connectivity index (χ0n) is 9.92. The number of hydrogen-bond donors (Lipinski definition) is 1. The first kappa shape index (κ1) is 13.1. The van der Waals surface area contributed by atoms with Gasteiger partial charge in [-0.15, -0.1) is 0 Å². The summed E-state index contributed by atoms with van der Waals surface area (Å²) in [6.45, 7) is 6.28. The number of thiocarbonyl (C=S) groups is 1. The van der Waals surface area contributed by atoms with E-state index in [0.29, 0.717) is 5.92 Å². The van der Waals surface area contributed by atoms with Crippen molar-refractivity contribution in [2.45, 2.75) is 25.3 Å². The fourth-order valence-electron chi connectivity index (χ4n) is 1.88. The molecule has 1 fully saturated rings. The van der Waals surface area contributed by atoms with Crippen LogP contribution in [0, 0.1) is 12.8 Å². The molecule has 1 N–H and O–H groups in total. The van der Waals surface area contributed by atoms with Crippen LogP contribution in [0.2, 0.25) is 5.02 Å². The Morgan fingerprint density at radius 1 is 1.47 bits per heavy atom. The topological polar surface area (TPSA) is 15.3 Å². The summed E-state index contributed by atoms with van der Waals surface area (Å²) in [4.78, 5) is 2.08. The van der Waals surface area contributed by atoms with Crippen LogP contribution in [-0.2, 0) is 0 Å². The molecule has 0 aliphatic carbocycles. The number of nitrogens with zero attached hydrogens (tertiary/aromatic N) is 1. The molecule has 1 atom stereocenters. The lowest BCUT2D eigenvalue weighted by atomic mass is 10.0.